The van der Waals surface area contributed by atoms with E-state index < -0.39 is 0 Å². The minimum absolute atomic E-state index is 0.00193. The summed E-state index contributed by atoms with van der Waals surface area (Å²) < 4.78 is 3.64. The topological polar surface area (TPSA) is 89.4 Å². The van der Waals surface area contributed by atoms with E-state index in [1.54, 1.807) is 4.68 Å². The first-order valence-corrected chi connectivity index (χ1v) is 10.5. The van der Waals surface area contributed by atoms with Crippen LogP contribution in [0.4, 0.5) is 0 Å². The molecule has 0 atom stereocenters. The summed E-state index contributed by atoms with van der Waals surface area (Å²) in [6.07, 6.45) is 2.24. The van der Waals surface area contributed by atoms with E-state index in [0.29, 0.717) is 23.7 Å². The number of para-hydroxylation sites is 1. The second kappa shape index (κ2) is 8.51. The maximum Gasteiger partial charge on any atom is 0.214 e. The van der Waals surface area contributed by atoms with Crippen LogP contribution in [-0.4, -0.2) is 36.3 Å². The first-order chi connectivity index (χ1) is 14.6. The Morgan fingerprint density at radius 1 is 1.20 bits per heavy atom. The lowest BCUT2D eigenvalue weighted by molar-refractivity contribution is 0.102. The molecule has 0 unspecified atom stereocenters. The summed E-state index contributed by atoms with van der Waals surface area (Å²) in [5, 5.41) is 22.4. The van der Waals surface area contributed by atoms with Crippen molar-refractivity contribution in [3.63, 3.8) is 0 Å². The molecule has 0 aliphatic carbocycles. The number of ketones is 1. The number of hydrogen-bond acceptors (Lipinski definition) is 6. The molecule has 0 amide bonds. The van der Waals surface area contributed by atoms with Gasteiger partial charge in [-0.25, -0.2) is 0 Å². The number of benzene rings is 2. The summed E-state index contributed by atoms with van der Waals surface area (Å²) in [4.78, 5) is 13.0. The summed E-state index contributed by atoms with van der Waals surface area (Å²) in [6.45, 7) is 4.61. The van der Waals surface area contributed by atoms with Crippen molar-refractivity contribution in [3.8, 4) is 11.8 Å². The first-order valence-electron chi connectivity index (χ1n) is 9.55. The molecule has 0 spiro atoms. The SMILES string of the molecule is Cc1ccc(-n2nnnc2SCC(=O)c2cn(CCC#N)c3ccccc23)c(C)c1. The lowest BCUT2D eigenvalue weighted by Gasteiger charge is -2.08. The van der Waals surface area contributed by atoms with Crippen LogP contribution in [0.25, 0.3) is 16.6 Å². The Morgan fingerprint density at radius 3 is 2.83 bits per heavy atom. The third kappa shape index (κ3) is 3.84. The van der Waals surface area contributed by atoms with Gasteiger partial charge in [-0.2, -0.15) is 9.94 Å². The fourth-order valence-electron chi connectivity index (χ4n) is 3.50. The van der Waals surface area contributed by atoms with E-state index in [1.807, 2.05) is 61.0 Å². The van der Waals surface area contributed by atoms with E-state index in [9.17, 15) is 4.79 Å². The largest absolute Gasteiger partial charge is 0.346 e. The van der Waals surface area contributed by atoms with Crippen molar-refractivity contribution in [1.82, 2.24) is 24.8 Å². The summed E-state index contributed by atoms with van der Waals surface area (Å²) in [7, 11) is 0. The smallest absolute Gasteiger partial charge is 0.214 e. The number of Topliss-reactive ketones (excluding diaryl/α,β-unsaturated/α-hetero) is 1. The highest BCUT2D eigenvalue weighted by molar-refractivity contribution is 7.99. The second-order valence-electron chi connectivity index (χ2n) is 7.04. The molecular weight excluding hydrogens is 396 g/mol. The number of tetrazole rings is 1. The van der Waals surface area contributed by atoms with Crippen LogP contribution >= 0.6 is 11.8 Å². The molecule has 0 radical (unpaired) electrons. The van der Waals surface area contributed by atoms with Gasteiger partial charge in [-0.3, -0.25) is 4.79 Å². The molecule has 4 aromatic rings. The molecule has 0 N–H and O–H groups in total. The summed E-state index contributed by atoms with van der Waals surface area (Å²) in [5.41, 5.74) is 4.74. The summed E-state index contributed by atoms with van der Waals surface area (Å²) in [5.74, 6) is 0.222. The van der Waals surface area contributed by atoms with Crippen molar-refractivity contribution in [3.05, 3.63) is 65.4 Å². The third-order valence-electron chi connectivity index (χ3n) is 4.91. The zero-order valence-corrected chi connectivity index (χ0v) is 17.6. The predicted molar refractivity (Wildman–Crippen MR) is 116 cm³/mol. The Labute approximate surface area is 178 Å². The Morgan fingerprint density at radius 2 is 2.03 bits per heavy atom. The van der Waals surface area contributed by atoms with Crippen molar-refractivity contribution in [2.45, 2.75) is 32.0 Å². The van der Waals surface area contributed by atoms with Gasteiger partial charge in [-0.15, -0.1) is 5.10 Å². The first kappa shape index (κ1) is 19.9. The van der Waals surface area contributed by atoms with Crippen molar-refractivity contribution >= 4 is 28.4 Å². The number of carbonyl (C=O) groups is 1. The molecule has 150 valence electrons. The maximum absolute atomic E-state index is 13.0. The van der Waals surface area contributed by atoms with E-state index in [0.717, 1.165) is 22.2 Å². The third-order valence-corrected chi connectivity index (χ3v) is 5.83. The van der Waals surface area contributed by atoms with Crippen LogP contribution in [0, 0.1) is 25.2 Å². The van der Waals surface area contributed by atoms with Gasteiger partial charge in [0.2, 0.25) is 5.16 Å². The van der Waals surface area contributed by atoms with Gasteiger partial charge in [0.05, 0.1) is 23.9 Å². The van der Waals surface area contributed by atoms with Crippen LogP contribution in [0.3, 0.4) is 0 Å². The monoisotopic (exact) mass is 416 g/mol. The lowest BCUT2D eigenvalue weighted by atomic mass is 10.1. The molecule has 2 heterocycles. The molecule has 0 aliphatic heterocycles. The number of hydrogen-bond donors (Lipinski definition) is 0. The highest BCUT2D eigenvalue weighted by Crippen LogP contribution is 2.26. The fourth-order valence-corrected chi connectivity index (χ4v) is 4.26. The van der Waals surface area contributed by atoms with Gasteiger partial charge in [0, 0.05) is 29.2 Å². The summed E-state index contributed by atoms with van der Waals surface area (Å²) in [6, 6.07) is 16.0. The average Bonchev–Trinajstić information content (AvgIpc) is 3.35. The van der Waals surface area contributed by atoms with Crippen LogP contribution < -0.4 is 0 Å². The standard InChI is InChI=1S/C22H20N6OS/c1-15-8-9-19(16(2)12-15)28-22(24-25-26-28)30-14-21(29)18-13-27(11-5-10-23)20-7-4-3-6-17(18)20/h3-4,6-9,12-13H,5,11,14H2,1-2H3. The number of thioether (sulfide) groups is 1. The van der Waals surface area contributed by atoms with Gasteiger partial charge in [0.25, 0.3) is 0 Å². The molecule has 0 fully saturated rings. The quantitative estimate of drug-likeness (QED) is 0.332. The molecule has 2 aromatic heterocycles. The van der Waals surface area contributed by atoms with Crippen LogP contribution in [0.15, 0.2) is 53.8 Å². The minimum Gasteiger partial charge on any atom is -0.346 e. The van der Waals surface area contributed by atoms with Crippen molar-refractivity contribution < 1.29 is 4.79 Å². The van der Waals surface area contributed by atoms with E-state index in [-0.39, 0.29) is 11.5 Å². The van der Waals surface area contributed by atoms with E-state index in [2.05, 4.69) is 27.7 Å². The molecule has 7 nitrogen and oxygen atoms in total. The number of rotatable bonds is 7. The molecular formula is C22H20N6OS. The van der Waals surface area contributed by atoms with Crippen molar-refractivity contribution in [2.24, 2.45) is 0 Å². The second-order valence-corrected chi connectivity index (χ2v) is 7.98. The van der Waals surface area contributed by atoms with Crippen LogP contribution in [0.5, 0.6) is 0 Å². The summed E-state index contributed by atoms with van der Waals surface area (Å²) >= 11 is 1.32. The molecule has 4 rings (SSSR count). The van der Waals surface area contributed by atoms with E-state index in [4.69, 9.17) is 5.26 Å². The fraction of sp³-hybridized carbons (Fsp3) is 0.227. The molecule has 0 aliphatic rings. The lowest BCUT2D eigenvalue weighted by Crippen LogP contribution is -2.06. The molecule has 0 saturated carbocycles. The number of fused-ring (bicyclic) bond motifs is 1. The molecule has 8 heteroatoms. The zero-order chi connectivity index (χ0) is 21.1. The molecule has 0 saturated heterocycles. The van der Waals surface area contributed by atoms with Gasteiger partial charge < -0.3 is 4.57 Å². The highest BCUT2D eigenvalue weighted by Gasteiger charge is 2.18. The number of nitriles is 1. The molecule has 0 bridgehead atoms. The number of carbonyl (C=O) groups excluding carboxylic acids is 1. The van der Waals surface area contributed by atoms with Crippen LogP contribution in [-0.2, 0) is 6.54 Å². The van der Waals surface area contributed by atoms with Gasteiger partial charge in [0.15, 0.2) is 5.78 Å². The normalized spacial score (nSPS) is 11.0. The van der Waals surface area contributed by atoms with Gasteiger partial charge in [-0.1, -0.05) is 47.7 Å². The average molecular weight is 417 g/mol. The van der Waals surface area contributed by atoms with Crippen molar-refractivity contribution in [1.29, 1.82) is 5.26 Å². The van der Waals surface area contributed by atoms with Crippen LogP contribution in [0.2, 0.25) is 0 Å². The maximum atomic E-state index is 13.0. The van der Waals surface area contributed by atoms with Crippen molar-refractivity contribution in [2.75, 3.05) is 5.75 Å². The van der Waals surface area contributed by atoms with Crippen LogP contribution in [0.1, 0.15) is 27.9 Å². The highest BCUT2D eigenvalue weighted by atomic mass is 32.2. The zero-order valence-electron chi connectivity index (χ0n) is 16.7. The molecule has 2 aromatic carbocycles. The van der Waals surface area contributed by atoms with Gasteiger partial charge in [0.1, 0.15) is 0 Å². The molecule has 30 heavy (non-hydrogen) atoms. The predicted octanol–water partition coefficient (Wildman–Crippen LogP) is 4.12. The Bertz CT molecular complexity index is 1270. The Kier molecular flexibility index (Phi) is 5.63. The minimum atomic E-state index is 0.00193. The number of aryl methyl sites for hydroxylation is 3. The van der Waals surface area contributed by atoms with Gasteiger partial charge in [-0.05, 0) is 42.0 Å². The number of aromatic nitrogens is 5. The van der Waals surface area contributed by atoms with Gasteiger partial charge >= 0.3 is 0 Å². The number of nitrogens with zero attached hydrogens (tertiary/aromatic N) is 6. The van der Waals surface area contributed by atoms with E-state index in [1.165, 1.54) is 17.3 Å². The Balaban J connectivity index is 1.57. The Hall–Kier alpha value is -3.44. The van der Waals surface area contributed by atoms with E-state index >= 15 is 0 Å².